The summed E-state index contributed by atoms with van der Waals surface area (Å²) in [5.74, 6) is 2.34. The first kappa shape index (κ1) is 18.1. The standard InChI is InChI=1S/C32H27N/c1-3-12-23-20(8-1)10-5-16-27(23)31-28-17-7-15-26(28)30-25-13-4-2-9-21(25)18-29-24-14-6-11-22(24)19-33(31)32(29)30/h1-10,12-16,18,22,24,26,28,31H,11,17,19H2/t22-,24+,26+,28-,31+/m1/s1. The van der Waals surface area contributed by atoms with E-state index in [9.17, 15) is 0 Å². The number of hydrogen-bond acceptors (Lipinski definition) is 1. The van der Waals surface area contributed by atoms with Gasteiger partial charge >= 0.3 is 0 Å². The number of fused-ring (bicyclic) bond motifs is 7. The summed E-state index contributed by atoms with van der Waals surface area (Å²) < 4.78 is 0. The normalized spacial score (nSPS) is 28.8. The molecule has 33 heavy (non-hydrogen) atoms. The molecule has 4 aliphatic rings. The Bertz CT molecular complexity index is 1490. The fourth-order valence-corrected chi connectivity index (χ4v) is 7.59. The van der Waals surface area contributed by atoms with Crippen molar-refractivity contribution < 1.29 is 0 Å². The fraction of sp³-hybridized carbons (Fsp3) is 0.250. The van der Waals surface area contributed by atoms with E-state index in [1.807, 2.05) is 0 Å². The van der Waals surface area contributed by atoms with Gasteiger partial charge in [0.2, 0.25) is 0 Å². The predicted octanol–water partition coefficient (Wildman–Crippen LogP) is 7.89. The fourth-order valence-electron chi connectivity index (χ4n) is 7.59. The van der Waals surface area contributed by atoms with Gasteiger partial charge < -0.3 is 4.90 Å². The Morgan fingerprint density at radius 3 is 2.36 bits per heavy atom. The highest BCUT2D eigenvalue weighted by Crippen LogP contribution is 2.60. The zero-order valence-corrected chi connectivity index (χ0v) is 18.7. The Balaban J connectivity index is 1.46. The molecule has 5 atom stereocenters. The van der Waals surface area contributed by atoms with Crippen LogP contribution in [0.1, 0.15) is 47.4 Å². The molecule has 0 N–H and O–H groups in total. The average Bonchev–Trinajstić information content (AvgIpc) is 3.53. The second-order valence-electron chi connectivity index (χ2n) is 10.4. The molecule has 0 unspecified atom stereocenters. The third-order valence-electron chi connectivity index (χ3n) is 8.89. The molecule has 2 aliphatic heterocycles. The van der Waals surface area contributed by atoms with E-state index in [-0.39, 0.29) is 0 Å². The molecule has 4 aromatic rings. The van der Waals surface area contributed by atoms with Crippen molar-refractivity contribution in [2.24, 2.45) is 11.8 Å². The lowest BCUT2D eigenvalue weighted by Gasteiger charge is -2.52. The zero-order chi connectivity index (χ0) is 21.5. The van der Waals surface area contributed by atoms with Crippen LogP contribution in [0.25, 0.3) is 21.5 Å². The van der Waals surface area contributed by atoms with Crippen LogP contribution in [-0.2, 0) is 0 Å². The molecule has 1 nitrogen and oxygen atoms in total. The molecule has 0 aromatic heterocycles. The van der Waals surface area contributed by atoms with Crippen LogP contribution < -0.4 is 4.90 Å². The Morgan fingerprint density at radius 1 is 0.667 bits per heavy atom. The zero-order valence-electron chi connectivity index (χ0n) is 18.7. The Morgan fingerprint density at radius 2 is 1.42 bits per heavy atom. The minimum absolute atomic E-state index is 0.421. The third-order valence-corrected chi connectivity index (χ3v) is 8.89. The summed E-state index contributed by atoms with van der Waals surface area (Å²) in [5.41, 5.74) is 6.22. The molecule has 0 spiro atoms. The first-order valence-electron chi connectivity index (χ1n) is 12.5. The average molecular weight is 426 g/mol. The van der Waals surface area contributed by atoms with E-state index in [2.05, 4.69) is 102 Å². The first-order valence-corrected chi connectivity index (χ1v) is 12.5. The Kier molecular flexibility index (Phi) is 3.63. The van der Waals surface area contributed by atoms with Gasteiger partial charge in [0.05, 0.1) is 6.04 Å². The molecule has 4 aromatic carbocycles. The molecule has 8 rings (SSSR count). The molecule has 0 saturated heterocycles. The van der Waals surface area contributed by atoms with E-state index < -0.39 is 0 Å². The highest BCUT2D eigenvalue weighted by molar-refractivity contribution is 5.95. The van der Waals surface area contributed by atoms with E-state index in [0.717, 1.165) is 6.54 Å². The van der Waals surface area contributed by atoms with Gasteiger partial charge in [-0.1, -0.05) is 91.0 Å². The van der Waals surface area contributed by atoms with Gasteiger partial charge in [-0.15, -0.1) is 0 Å². The predicted molar refractivity (Wildman–Crippen MR) is 138 cm³/mol. The van der Waals surface area contributed by atoms with E-state index in [4.69, 9.17) is 0 Å². The summed E-state index contributed by atoms with van der Waals surface area (Å²) in [6, 6.07) is 28.0. The topological polar surface area (TPSA) is 3.24 Å². The van der Waals surface area contributed by atoms with E-state index in [1.54, 1.807) is 16.8 Å². The van der Waals surface area contributed by atoms with Crippen LogP contribution in [0.5, 0.6) is 0 Å². The SMILES string of the molecule is C1=C[C@@H]2c3cc4ccccc4c4c3N(C[C@H]2C1)[C@@H](c1cccc2ccccc12)[C@@H]1CC=C[C@H]41. The number of nitrogens with zero attached hydrogens (tertiary/aromatic N) is 1. The lowest BCUT2D eigenvalue weighted by atomic mass is 9.69. The summed E-state index contributed by atoms with van der Waals surface area (Å²) in [5, 5.41) is 5.65. The van der Waals surface area contributed by atoms with Crippen LogP contribution in [0.15, 0.2) is 97.1 Å². The maximum Gasteiger partial charge on any atom is 0.0588 e. The van der Waals surface area contributed by atoms with Crippen LogP contribution in [0.3, 0.4) is 0 Å². The number of anilines is 1. The second-order valence-corrected chi connectivity index (χ2v) is 10.4. The first-order chi connectivity index (χ1) is 16.4. The summed E-state index contributed by atoms with van der Waals surface area (Å²) in [6.07, 6.45) is 12.3. The van der Waals surface area contributed by atoms with Crippen molar-refractivity contribution in [3.05, 3.63) is 114 Å². The number of rotatable bonds is 1. The molecule has 0 radical (unpaired) electrons. The van der Waals surface area contributed by atoms with Gasteiger partial charge in [0.15, 0.2) is 0 Å². The van der Waals surface area contributed by atoms with Gasteiger partial charge in [-0.05, 0) is 69.0 Å². The lowest BCUT2D eigenvalue weighted by Crippen LogP contribution is -2.46. The summed E-state index contributed by atoms with van der Waals surface area (Å²) in [4.78, 5) is 2.85. The summed E-state index contributed by atoms with van der Waals surface area (Å²) >= 11 is 0. The highest BCUT2D eigenvalue weighted by atomic mass is 15.2. The van der Waals surface area contributed by atoms with E-state index in [0.29, 0.717) is 29.7 Å². The van der Waals surface area contributed by atoms with Crippen LogP contribution in [0.2, 0.25) is 0 Å². The van der Waals surface area contributed by atoms with Crippen LogP contribution in [0, 0.1) is 11.8 Å². The van der Waals surface area contributed by atoms with Crippen molar-refractivity contribution in [1.82, 2.24) is 0 Å². The molecule has 0 amide bonds. The minimum atomic E-state index is 0.421. The van der Waals surface area contributed by atoms with Gasteiger partial charge in [0.1, 0.15) is 0 Å². The van der Waals surface area contributed by atoms with Gasteiger partial charge in [0.25, 0.3) is 0 Å². The van der Waals surface area contributed by atoms with Gasteiger partial charge in [-0.3, -0.25) is 0 Å². The van der Waals surface area contributed by atoms with Crippen LogP contribution >= 0.6 is 0 Å². The molecule has 0 saturated carbocycles. The van der Waals surface area contributed by atoms with E-state index >= 15 is 0 Å². The van der Waals surface area contributed by atoms with Crippen molar-refractivity contribution in [3.63, 3.8) is 0 Å². The van der Waals surface area contributed by atoms with Crippen LogP contribution in [-0.4, -0.2) is 6.54 Å². The quantitative estimate of drug-likeness (QED) is 0.280. The Hall–Kier alpha value is -3.32. The molecule has 160 valence electrons. The molecule has 0 fully saturated rings. The maximum atomic E-state index is 2.85. The minimum Gasteiger partial charge on any atom is -0.363 e. The maximum absolute atomic E-state index is 2.85. The van der Waals surface area contributed by atoms with Crippen molar-refractivity contribution in [2.45, 2.75) is 30.7 Å². The molecular weight excluding hydrogens is 398 g/mol. The number of benzene rings is 4. The third kappa shape index (κ3) is 2.38. The lowest BCUT2D eigenvalue weighted by molar-refractivity contribution is 0.338. The largest absolute Gasteiger partial charge is 0.363 e. The highest BCUT2D eigenvalue weighted by Gasteiger charge is 2.48. The van der Waals surface area contributed by atoms with Crippen molar-refractivity contribution in [3.8, 4) is 0 Å². The monoisotopic (exact) mass is 425 g/mol. The van der Waals surface area contributed by atoms with E-state index in [1.165, 1.54) is 39.9 Å². The van der Waals surface area contributed by atoms with Gasteiger partial charge in [-0.2, -0.15) is 0 Å². The molecule has 1 heteroatoms. The van der Waals surface area contributed by atoms with Gasteiger partial charge in [0, 0.05) is 24.1 Å². The van der Waals surface area contributed by atoms with Crippen molar-refractivity contribution >= 4 is 27.2 Å². The Labute approximate surface area is 195 Å². The number of allylic oxidation sites excluding steroid dienone is 4. The molecular formula is C32H27N. The second kappa shape index (κ2) is 6.60. The smallest absolute Gasteiger partial charge is 0.0588 e. The molecule has 0 bridgehead atoms. The van der Waals surface area contributed by atoms with Crippen molar-refractivity contribution in [2.75, 3.05) is 11.4 Å². The van der Waals surface area contributed by atoms with Crippen LogP contribution in [0.4, 0.5) is 5.69 Å². The molecule has 2 aliphatic carbocycles. The van der Waals surface area contributed by atoms with Gasteiger partial charge in [-0.25, -0.2) is 0 Å². The van der Waals surface area contributed by atoms with Crippen molar-refractivity contribution in [1.29, 1.82) is 0 Å². The number of hydrogen-bond donors (Lipinski definition) is 0. The molecule has 2 heterocycles. The summed E-state index contributed by atoms with van der Waals surface area (Å²) in [7, 11) is 0. The summed E-state index contributed by atoms with van der Waals surface area (Å²) in [6.45, 7) is 1.16.